The van der Waals surface area contributed by atoms with Crippen LogP contribution in [0.25, 0.3) is 0 Å². The van der Waals surface area contributed by atoms with E-state index in [1.807, 2.05) is 48.0 Å². The average Bonchev–Trinajstić information content (AvgIpc) is 2.96. The molecule has 0 bridgehead atoms. The number of aryl methyl sites for hydroxylation is 1. The number of urea groups is 1. The maximum Gasteiger partial charge on any atom is 0.323 e. The monoisotopic (exact) mass is 369 g/mol. The van der Waals surface area contributed by atoms with Crippen LogP contribution < -0.4 is 10.2 Å². The first-order chi connectivity index (χ1) is 12.9. The zero-order chi connectivity index (χ0) is 19.6. The van der Waals surface area contributed by atoms with Crippen LogP contribution in [0.3, 0.4) is 0 Å². The number of aromatic nitrogens is 2. The van der Waals surface area contributed by atoms with Gasteiger partial charge in [-0.05, 0) is 31.9 Å². The molecule has 3 amide bonds. The average molecular weight is 369 g/mol. The summed E-state index contributed by atoms with van der Waals surface area (Å²) in [6, 6.07) is 10.6. The number of rotatable bonds is 4. The highest BCUT2D eigenvalue weighted by Gasteiger charge is 2.35. The molecule has 1 saturated heterocycles. The van der Waals surface area contributed by atoms with Gasteiger partial charge in [0.25, 0.3) is 0 Å². The van der Waals surface area contributed by atoms with Crippen LogP contribution in [0.15, 0.2) is 36.4 Å². The lowest BCUT2D eigenvalue weighted by Gasteiger charge is -2.39. The van der Waals surface area contributed by atoms with E-state index in [4.69, 9.17) is 0 Å². The molecule has 3 rings (SSSR count). The van der Waals surface area contributed by atoms with Crippen molar-refractivity contribution in [1.82, 2.24) is 14.7 Å². The Bertz CT molecular complexity index is 815. The van der Waals surface area contributed by atoms with Gasteiger partial charge in [-0.15, -0.1) is 0 Å². The number of hydrogen-bond acceptors (Lipinski definition) is 3. The molecular weight excluding hydrogens is 342 g/mol. The van der Waals surface area contributed by atoms with Crippen molar-refractivity contribution < 1.29 is 9.59 Å². The van der Waals surface area contributed by atoms with E-state index in [2.05, 4.69) is 24.3 Å². The van der Waals surface area contributed by atoms with E-state index < -0.39 is 6.04 Å². The zero-order valence-corrected chi connectivity index (χ0v) is 16.3. The molecule has 2 heterocycles. The van der Waals surface area contributed by atoms with Crippen molar-refractivity contribution >= 4 is 23.4 Å². The quantitative estimate of drug-likeness (QED) is 0.900. The number of amides is 3. The molecule has 144 valence electrons. The number of carbonyl (C=O) groups excluding carboxylic acids is 2. The summed E-state index contributed by atoms with van der Waals surface area (Å²) in [5.74, 6) is 1.00. The third-order valence-electron chi connectivity index (χ3n) is 4.66. The Morgan fingerprint density at radius 3 is 2.63 bits per heavy atom. The normalized spacial score (nSPS) is 17.5. The standard InChI is InChI=1S/C20H27N5O2/c1-14(2)13-25-18(12-15(3)22-25)21-20(27)23-10-11-24(19(26)16(23)4)17-8-6-5-7-9-17/h5-9,12,14,16H,10-11,13H2,1-4H3,(H,21,27)/t16-/m0/s1. The second-order valence-corrected chi connectivity index (χ2v) is 7.37. The number of nitrogens with one attached hydrogen (secondary N) is 1. The maximum atomic E-state index is 12.8. The fourth-order valence-electron chi connectivity index (χ4n) is 3.32. The fourth-order valence-corrected chi connectivity index (χ4v) is 3.32. The Balaban J connectivity index is 1.71. The minimum atomic E-state index is -0.526. The predicted molar refractivity (Wildman–Crippen MR) is 106 cm³/mol. The molecule has 27 heavy (non-hydrogen) atoms. The van der Waals surface area contributed by atoms with E-state index in [9.17, 15) is 9.59 Å². The minimum Gasteiger partial charge on any atom is -0.311 e. The first kappa shape index (κ1) is 18.9. The molecular formula is C20H27N5O2. The van der Waals surface area contributed by atoms with Crippen molar-refractivity contribution in [3.63, 3.8) is 0 Å². The van der Waals surface area contributed by atoms with E-state index >= 15 is 0 Å². The molecule has 0 spiro atoms. The molecule has 1 aromatic heterocycles. The van der Waals surface area contributed by atoms with Crippen LogP contribution in [-0.2, 0) is 11.3 Å². The molecule has 2 aromatic rings. The third-order valence-corrected chi connectivity index (χ3v) is 4.66. The van der Waals surface area contributed by atoms with Gasteiger partial charge in [-0.25, -0.2) is 9.48 Å². The van der Waals surface area contributed by atoms with Crippen molar-refractivity contribution in [2.45, 2.75) is 40.3 Å². The molecule has 7 heteroatoms. The number of piperazine rings is 1. The Hall–Kier alpha value is -2.83. The van der Waals surface area contributed by atoms with Crippen molar-refractivity contribution in [2.24, 2.45) is 5.92 Å². The van der Waals surface area contributed by atoms with E-state index in [0.29, 0.717) is 24.8 Å². The Morgan fingerprint density at radius 2 is 1.96 bits per heavy atom. The number of anilines is 2. The van der Waals surface area contributed by atoms with Gasteiger partial charge in [-0.3, -0.25) is 10.1 Å². The van der Waals surface area contributed by atoms with Gasteiger partial charge in [0.2, 0.25) is 5.91 Å². The van der Waals surface area contributed by atoms with E-state index in [1.165, 1.54) is 0 Å². The van der Waals surface area contributed by atoms with Crippen LogP contribution in [0, 0.1) is 12.8 Å². The van der Waals surface area contributed by atoms with E-state index in [0.717, 1.165) is 17.9 Å². The summed E-state index contributed by atoms with van der Waals surface area (Å²) in [7, 11) is 0. The topological polar surface area (TPSA) is 70.5 Å². The van der Waals surface area contributed by atoms with Crippen LogP contribution in [0.5, 0.6) is 0 Å². The highest BCUT2D eigenvalue weighted by Crippen LogP contribution is 2.21. The summed E-state index contributed by atoms with van der Waals surface area (Å²) in [6.07, 6.45) is 0. The molecule has 1 atom stereocenters. The van der Waals surface area contributed by atoms with Gasteiger partial charge in [0.1, 0.15) is 11.9 Å². The number of carbonyl (C=O) groups is 2. The third kappa shape index (κ3) is 4.13. The second kappa shape index (κ2) is 7.82. The first-order valence-corrected chi connectivity index (χ1v) is 9.35. The van der Waals surface area contributed by atoms with Crippen molar-refractivity contribution in [2.75, 3.05) is 23.3 Å². The number of benzene rings is 1. The van der Waals surface area contributed by atoms with Crippen molar-refractivity contribution in [1.29, 1.82) is 0 Å². The molecule has 1 N–H and O–H groups in total. The van der Waals surface area contributed by atoms with Gasteiger partial charge in [0, 0.05) is 31.4 Å². The highest BCUT2D eigenvalue weighted by atomic mass is 16.2. The van der Waals surface area contributed by atoms with Crippen LogP contribution >= 0.6 is 0 Å². The van der Waals surface area contributed by atoms with Crippen molar-refractivity contribution in [3.8, 4) is 0 Å². The largest absolute Gasteiger partial charge is 0.323 e. The van der Waals surface area contributed by atoms with Gasteiger partial charge >= 0.3 is 6.03 Å². The minimum absolute atomic E-state index is 0.0746. The van der Waals surface area contributed by atoms with Crippen molar-refractivity contribution in [3.05, 3.63) is 42.1 Å². The Kier molecular flexibility index (Phi) is 5.48. The molecule has 1 fully saturated rings. The van der Waals surface area contributed by atoms with Gasteiger partial charge in [0.05, 0.1) is 5.69 Å². The number of para-hydroxylation sites is 1. The summed E-state index contributed by atoms with van der Waals surface area (Å²) in [6.45, 7) is 9.55. The zero-order valence-electron chi connectivity index (χ0n) is 16.3. The van der Waals surface area contributed by atoms with Gasteiger partial charge < -0.3 is 9.80 Å². The SMILES string of the molecule is Cc1cc(NC(=O)N2CCN(c3ccccc3)C(=O)[C@@H]2C)n(CC(C)C)n1. The molecule has 0 saturated carbocycles. The molecule has 1 aliphatic rings. The van der Waals surface area contributed by atoms with Crippen LogP contribution in [0.1, 0.15) is 26.5 Å². The summed E-state index contributed by atoms with van der Waals surface area (Å²) < 4.78 is 1.81. The maximum absolute atomic E-state index is 12.8. The van der Waals surface area contributed by atoms with Gasteiger partial charge in [-0.2, -0.15) is 5.10 Å². The number of hydrogen-bond donors (Lipinski definition) is 1. The van der Waals surface area contributed by atoms with Crippen LogP contribution in [-0.4, -0.2) is 45.8 Å². The molecule has 0 radical (unpaired) electrons. The van der Waals surface area contributed by atoms with Gasteiger partial charge in [-0.1, -0.05) is 32.0 Å². The summed E-state index contributed by atoms with van der Waals surface area (Å²) >= 11 is 0. The lowest BCUT2D eigenvalue weighted by Crippen LogP contribution is -2.58. The number of nitrogens with zero attached hydrogens (tertiary/aromatic N) is 4. The molecule has 7 nitrogen and oxygen atoms in total. The fraction of sp³-hybridized carbons (Fsp3) is 0.450. The van der Waals surface area contributed by atoms with E-state index in [1.54, 1.807) is 16.7 Å². The lowest BCUT2D eigenvalue weighted by molar-refractivity contribution is -0.123. The molecule has 1 aromatic carbocycles. The summed E-state index contributed by atoms with van der Waals surface area (Å²) in [5.41, 5.74) is 1.71. The van der Waals surface area contributed by atoms with Gasteiger partial charge in [0.15, 0.2) is 0 Å². The smallest absolute Gasteiger partial charge is 0.311 e. The van der Waals surface area contributed by atoms with E-state index in [-0.39, 0.29) is 11.9 Å². The second-order valence-electron chi connectivity index (χ2n) is 7.37. The van der Waals surface area contributed by atoms with Crippen LogP contribution in [0.2, 0.25) is 0 Å². The molecule has 0 aliphatic carbocycles. The predicted octanol–water partition coefficient (Wildman–Crippen LogP) is 3.12. The summed E-state index contributed by atoms with van der Waals surface area (Å²) in [5, 5.41) is 7.37. The first-order valence-electron chi connectivity index (χ1n) is 9.35. The Morgan fingerprint density at radius 1 is 1.26 bits per heavy atom. The molecule has 1 aliphatic heterocycles. The van der Waals surface area contributed by atoms with Crippen LogP contribution in [0.4, 0.5) is 16.3 Å². The summed E-state index contributed by atoms with van der Waals surface area (Å²) in [4.78, 5) is 28.9. The highest BCUT2D eigenvalue weighted by molar-refractivity contribution is 6.01. The lowest BCUT2D eigenvalue weighted by atomic mass is 10.1. The Labute approximate surface area is 159 Å². The molecule has 0 unspecified atom stereocenters.